The van der Waals surface area contributed by atoms with Gasteiger partial charge in [0.15, 0.2) is 10.9 Å². The number of thiocarbonyl (C=S) groups is 1. The van der Waals surface area contributed by atoms with Crippen LogP contribution in [-0.4, -0.2) is 53.2 Å². The van der Waals surface area contributed by atoms with E-state index in [2.05, 4.69) is 5.10 Å². The molecule has 1 N–H and O–H groups in total. The molecule has 1 saturated heterocycles. The van der Waals surface area contributed by atoms with Crippen molar-refractivity contribution in [1.29, 1.82) is 0 Å². The largest absolute Gasteiger partial charge is 0.481 e. The van der Waals surface area contributed by atoms with E-state index in [9.17, 15) is 9.59 Å². The lowest BCUT2D eigenvalue weighted by molar-refractivity contribution is -0.139. The summed E-state index contributed by atoms with van der Waals surface area (Å²) in [5.74, 6) is -1.05. The molecule has 0 aliphatic carbocycles. The highest BCUT2D eigenvalue weighted by Gasteiger charge is 2.32. The van der Waals surface area contributed by atoms with Crippen LogP contribution in [0, 0.1) is 0 Å². The van der Waals surface area contributed by atoms with Crippen molar-refractivity contribution in [2.24, 2.45) is 5.10 Å². The van der Waals surface area contributed by atoms with Crippen molar-refractivity contribution < 1.29 is 19.4 Å². The van der Waals surface area contributed by atoms with E-state index in [1.165, 1.54) is 18.0 Å². The van der Waals surface area contributed by atoms with Gasteiger partial charge in [-0.3, -0.25) is 4.79 Å². The second kappa shape index (κ2) is 9.55. The van der Waals surface area contributed by atoms with Gasteiger partial charge in [0, 0.05) is 25.3 Å². The molecule has 1 heterocycles. The molecule has 2 aromatic rings. The van der Waals surface area contributed by atoms with Crippen LogP contribution in [0.15, 0.2) is 58.5 Å². The van der Waals surface area contributed by atoms with E-state index >= 15 is 0 Å². The number of carbonyl (C=O) groups excluding carboxylic acids is 1. The molecule has 0 bridgehead atoms. The number of ether oxygens (including phenoxy) is 1. The molecular formula is C21H19N3O4S2. The smallest absolute Gasteiger partial charge is 0.341 e. The van der Waals surface area contributed by atoms with E-state index in [0.29, 0.717) is 20.5 Å². The first-order valence-corrected chi connectivity index (χ1v) is 10.1. The van der Waals surface area contributed by atoms with Crippen molar-refractivity contribution in [1.82, 2.24) is 5.01 Å². The summed E-state index contributed by atoms with van der Waals surface area (Å²) in [6.45, 7) is -0.471. The van der Waals surface area contributed by atoms with Crippen LogP contribution >= 0.6 is 24.0 Å². The van der Waals surface area contributed by atoms with Gasteiger partial charge in [0.1, 0.15) is 5.75 Å². The number of nitrogens with zero attached hydrogens (tertiary/aromatic N) is 3. The third-order valence-electron chi connectivity index (χ3n) is 4.06. The highest BCUT2D eigenvalue weighted by Crippen LogP contribution is 2.33. The summed E-state index contributed by atoms with van der Waals surface area (Å²) in [5, 5.41) is 14.1. The lowest BCUT2D eigenvalue weighted by atomic mass is 10.2. The number of hydrogen-bond acceptors (Lipinski definition) is 7. The molecule has 1 amide bonds. The monoisotopic (exact) mass is 441 g/mol. The summed E-state index contributed by atoms with van der Waals surface area (Å²) in [5.41, 5.74) is 2.49. The Morgan fingerprint density at radius 2 is 1.93 bits per heavy atom. The highest BCUT2D eigenvalue weighted by atomic mass is 32.2. The molecule has 9 heteroatoms. The van der Waals surface area contributed by atoms with Gasteiger partial charge in [-0.1, -0.05) is 36.0 Å². The van der Waals surface area contributed by atoms with Crippen LogP contribution < -0.4 is 9.64 Å². The van der Waals surface area contributed by atoms with E-state index in [-0.39, 0.29) is 5.91 Å². The second-order valence-electron chi connectivity index (χ2n) is 6.44. The van der Waals surface area contributed by atoms with Gasteiger partial charge in [0.2, 0.25) is 0 Å². The molecule has 0 saturated carbocycles. The fourth-order valence-corrected chi connectivity index (χ4v) is 3.73. The minimum absolute atomic E-state index is 0.316. The molecule has 154 valence electrons. The van der Waals surface area contributed by atoms with Crippen LogP contribution in [0.5, 0.6) is 5.75 Å². The van der Waals surface area contributed by atoms with Gasteiger partial charge < -0.3 is 14.7 Å². The van der Waals surface area contributed by atoms with Gasteiger partial charge in [0.05, 0.1) is 11.1 Å². The molecule has 1 aliphatic heterocycles. The number of benzene rings is 2. The van der Waals surface area contributed by atoms with Crippen LogP contribution in [0.1, 0.15) is 11.1 Å². The Labute approximate surface area is 183 Å². The first-order valence-electron chi connectivity index (χ1n) is 8.88. The lowest BCUT2D eigenvalue weighted by Gasteiger charge is -2.11. The van der Waals surface area contributed by atoms with Gasteiger partial charge in [-0.25, -0.2) is 4.79 Å². The Morgan fingerprint density at radius 3 is 2.60 bits per heavy atom. The van der Waals surface area contributed by atoms with Crippen molar-refractivity contribution in [3.05, 3.63) is 64.6 Å². The quantitative estimate of drug-likeness (QED) is 0.400. The molecule has 30 heavy (non-hydrogen) atoms. The van der Waals surface area contributed by atoms with Gasteiger partial charge in [-0.15, -0.1) is 0 Å². The number of rotatable bonds is 7. The first kappa shape index (κ1) is 21.5. The van der Waals surface area contributed by atoms with E-state index in [0.717, 1.165) is 16.3 Å². The second-order valence-corrected chi connectivity index (χ2v) is 8.12. The number of thioether (sulfide) groups is 1. The third kappa shape index (κ3) is 5.25. The number of anilines is 1. The molecule has 0 atom stereocenters. The minimum atomic E-state index is -1.08. The number of amides is 1. The predicted molar refractivity (Wildman–Crippen MR) is 123 cm³/mol. The molecule has 2 aromatic carbocycles. The third-order valence-corrected chi connectivity index (χ3v) is 5.35. The minimum Gasteiger partial charge on any atom is -0.481 e. The van der Waals surface area contributed by atoms with Crippen molar-refractivity contribution in [2.45, 2.75) is 0 Å². The topological polar surface area (TPSA) is 82.4 Å². The molecule has 0 radical (unpaired) electrons. The Bertz CT molecular complexity index is 1030. The molecule has 7 nitrogen and oxygen atoms in total. The van der Waals surface area contributed by atoms with Crippen molar-refractivity contribution in [3.8, 4) is 5.75 Å². The summed E-state index contributed by atoms with van der Waals surface area (Å²) < 4.78 is 5.56. The Balaban J connectivity index is 1.76. The molecule has 1 fully saturated rings. The van der Waals surface area contributed by atoms with Crippen LogP contribution in [-0.2, 0) is 9.59 Å². The van der Waals surface area contributed by atoms with Gasteiger partial charge >= 0.3 is 5.97 Å². The fourth-order valence-electron chi connectivity index (χ4n) is 2.56. The Morgan fingerprint density at radius 1 is 1.23 bits per heavy atom. The van der Waals surface area contributed by atoms with E-state index in [1.807, 2.05) is 43.3 Å². The van der Waals surface area contributed by atoms with Crippen LogP contribution in [0.3, 0.4) is 0 Å². The maximum absolute atomic E-state index is 12.7. The van der Waals surface area contributed by atoms with Crippen LogP contribution in [0.25, 0.3) is 6.08 Å². The van der Waals surface area contributed by atoms with Crippen molar-refractivity contribution >= 4 is 58.2 Å². The lowest BCUT2D eigenvalue weighted by Crippen LogP contribution is -2.22. The zero-order chi connectivity index (χ0) is 21.7. The number of carbonyl (C=O) groups is 2. The number of carboxylic acid groups (broad SMARTS) is 1. The van der Waals surface area contributed by atoms with E-state index in [1.54, 1.807) is 30.3 Å². The summed E-state index contributed by atoms with van der Waals surface area (Å²) in [4.78, 5) is 25.9. The average molecular weight is 442 g/mol. The van der Waals surface area contributed by atoms with Crippen molar-refractivity contribution in [2.75, 3.05) is 25.6 Å². The zero-order valence-corrected chi connectivity index (χ0v) is 17.9. The SMILES string of the molecule is CN(C)c1ccc(C=C2SC(=S)N(N=Cc3ccccc3OCC(=O)O)C2=O)cc1. The molecule has 1 aliphatic rings. The number of aliphatic carboxylic acids is 1. The predicted octanol–water partition coefficient (Wildman–Crippen LogP) is 3.45. The van der Waals surface area contributed by atoms with Crippen molar-refractivity contribution in [3.63, 3.8) is 0 Å². The standard InChI is InChI=1S/C21H19N3O4S2/c1-23(2)16-9-7-14(8-10-16)11-18-20(27)24(21(29)30-18)22-12-15-5-3-4-6-17(15)28-13-19(25)26/h3-12H,13H2,1-2H3,(H,25,26). The summed E-state index contributed by atoms with van der Waals surface area (Å²) in [6.07, 6.45) is 3.20. The number of para-hydroxylation sites is 1. The summed E-state index contributed by atoms with van der Waals surface area (Å²) in [7, 11) is 3.92. The van der Waals surface area contributed by atoms with Crippen LogP contribution in [0.2, 0.25) is 0 Å². The fraction of sp³-hybridized carbons (Fsp3) is 0.143. The highest BCUT2D eigenvalue weighted by molar-refractivity contribution is 8.26. The maximum atomic E-state index is 12.7. The van der Waals surface area contributed by atoms with Crippen LogP contribution in [0.4, 0.5) is 5.69 Å². The van der Waals surface area contributed by atoms with Gasteiger partial charge in [-0.2, -0.15) is 10.1 Å². The zero-order valence-electron chi connectivity index (χ0n) is 16.3. The molecule has 0 unspecified atom stereocenters. The molecule has 0 aromatic heterocycles. The Kier molecular flexibility index (Phi) is 6.86. The average Bonchev–Trinajstić information content (AvgIpc) is 2.98. The van der Waals surface area contributed by atoms with Gasteiger partial charge in [-0.05, 0) is 48.1 Å². The molecular weight excluding hydrogens is 422 g/mol. The molecule has 3 rings (SSSR count). The maximum Gasteiger partial charge on any atom is 0.341 e. The Hall–Kier alpha value is -3.17. The molecule has 0 spiro atoms. The summed E-state index contributed by atoms with van der Waals surface area (Å²) in [6, 6.07) is 14.6. The first-order chi connectivity index (χ1) is 14.3. The number of hydrogen-bond donors (Lipinski definition) is 1. The van der Waals surface area contributed by atoms with E-state index < -0.39 is 12.6 Å². The summed E-state index contributed by atoms with van der Waals surface area (Å²) >= 11 is 6.47. The van der Waals surface area contributed by atoms with E-state index in [4.69, 9.17) is 22.1 Å². The normalized spacial score (nSPS) is 15.3. The number of carboxylic acids is 1. The number of hydrazone groups is 1. The van der Waals surface area contributed by atoms with Gasteiger partial charge in [0.25, 0.3) is 5.91 Å².